The van der Waals surface area contributed by atoms with E-state index in [-0.39, 0.29) is 4.90 Å². The monoisotopic (exact) mass is 397 g/mol. The average Bonchev–Trinajstić information content (AvgIpc) is 3.11. The summed E-state index contributed by atoms with van der Waals surface area (Å²) >= 11 is 1.34. The SMILES string of the molecule is CCCOC(=O)c1c(NS(=O)(=O)c2cn(C)nc2C)sc2c1CCCC2. The van der Waals surface area contributed by atoms with Crippen molar-refractivity contribution in [3.8, 4) is 0 Å². The summed E-state index contributed by atoms with van der Waals surface area (Å²) < 4.78 is 35.0. The van der Waals surface area contributed by atoms with Gasteiger partial charge in [0.1, 0.15) is 9.90 Å². The Morgan fingerprint density at radius 2 is 2.12 bits per heavy atom. The number of hydrogen-bond acceptors (Lipinski definition) is 6. The highest BCUT2D eigenvalue weighted by Crippen LogP contribution is 2.39. The molecule has 7 nitrogen and oxygen atoms in total. The number of aromatic nitrogens is 2. The Bertz CT molecular complexity index is 928. The van der Waals surface area contributed by atoms with Crippen molar-refractivity contribution in [3.05, 3.63) is 27.9 Å². The number of fused-ring (bicyclic) bond motifs is 1. The molecule has 0 aromatic carbocycles. The van der Waals surface area contributed by atoms with Crippen LogP contribution in [0.5, 0.6) is 0 Å². The van der Waals surface area contributed by atoms with Gasteiger partial charge in [-0.25, -0.2) is 13.2 Å². The number of carbonyl (C=O) groups is 1. The standard InChI is InChI=1S/C17H23N3O4S2/c1-4-9-24-17(21)15-12-7-5-6-8-13(12)25-16(15)19-26(22,23)14-10-20(3)18-11(14)2/h10,19H,4-9H2,1-3H3. The third kappa shape index (κ3) is 3.64. The van der Waals surface area contributed by atoms with Gasteiger partial charge in [0.25, 0.3) is 10.0 Å². The summed E-state index contributed by atoms with van der Waals surface area (Å²) in [4.78, 5) is 13.8. The molecule has 9 heteroatoms. The summed E-state index contributed by atoms with van der Waals surface area (Å²) in [5, 5.41) is 4.44. The van der Waals surface area contributed by atoms with Crippen molar-refractivity contribution in [1.82, 2.24) is 9.78 Å². The van der Waals surface area contributed by atoms with E-state index in [4.69, 9.17) is 4.74 Å². The smallest absolute Gasteiger partial charge is 0.341 e. The van der Waals surface area contributed by atoms with Crippen LogP contribution in [0.15, 0.2) is 11.1 Å². The second-order valence-corrected chi connectivity index (χ2v) is 9.16. The number of thiophene rings is 1. The van der Waals surface area contributed by atoms with Gasteiger partial charge in [-0.2, -0.15) is 5.10 Å². The van der Waals surface area contributed by atoms with Gasteiger partial charge < -0.3 is 4.74 Å². The fraction of sp³-hybridized carbons (Fsp3) is 0.529. The van der Waals surface area contributed by atoms with Crippen molar-refractivity contribution in [2.75, 3.05) is 11.3 Å². The molecule has 1 aliphatic rings. The first-order valence-electron chi connectivity index (χ1n) is 8.68. The van der Waals surface area contributed by atoms with Gasteiger partial charge >= 0.3 is 5.97 Å². The average molecular weight is 398 g/mol. The van der Waals surface area contributed by atoms with E-state index >= 15 is 0 Å². The van der Waals surface area contributed by atoms with Crippen LogP contribution in [0.1, 0.15) is 52.7 Å². The van der Waals surface area contributed by atoms with Gasteiger partial charge in [0, 0.05) is 18.1 Å². The number of nitrogens with one attached hydrogen (secondary N) is 1. The number of esters is 1. The highest BCUT2D eigenvalue weighted by Gasteiger charge is 2.30. The van der Waals surface area contributed by atoms with Crippen molar-refractivity contribution in [2.24, 2.45) is 7.05 Å². The molecule has 3 rings (SSSR count). The molecule has 0 saturated carbocycles. The maximum Gasteiger partial charge on any atom is 0.341 e. The molecule has 2 heterocycles. The number of aryl methyl sites for hydroxylation is 3. The van der Waals surface area contributed by atoms with Gasteiger partial charge in [-0.1, -0.05) is 6.92 Å². The van der Waals surface area contributed by atoms with E-state index < -0.39 is 16.0 Å². The molecule has 0 aliphatic heterocycles. The Labute approximate surface area is 157 Å². The Morgan fingerprint density at radius 3 is 2.77 bits per heavy atom. The van der Waals surface area contributed by atoms with E-state index in [0.717, 1.165) is 36.1 Å². The maximum absolute atomic E-state index is 12.8. The molecule has 2 aromatic heterocycles. The number of nitrogens with zero attached hydrogens (tertiary/aromatic N) is 2. The van der Waals surface area contributed by atoms with E-state index in [2.05, 4.69) is 9.82 Å². The molecule has 0 fully saturated rings. The minimum absolute atomic E-state index is 0.110. The first-order chi connectivity index (χ1) is 12.3. The summed E-state index contributed by atoms with van der Waals surface area (Å²) in [7, 11) is -2.16. The molecular formula is C17H23N3O4S2. The summed E-state index contributed by atoms with van der Waals surface area (Å²) in [5.41, 5.74) is 1.72. The summed E-state index contributed by atoms with van der Waals surface area (Å²) in [6.45, 7) is 3.88. The van der Waals surface area contributed by atoms with Crippen LogP contribution >= 0.6 is 11.3 Å². The van der Waals surface area contributed by atoms with Crippen LogP contribution in [0.25, 0.3) is 0 Å². The van der Waals surface area contributed by atoms with E-state index in [1.165, 1.54) is 22.2 Å². The minimum atomic E-state index is -3.83. The lowest BCUT2D eigenvalue weighted by Gasteiger charge is -2.12. The zero-order chi connectivity index (χ0) is 18.9. The van der Waals surface area contributed by atoms with Crippen LogP contribution in [-0.2, 0) is 34.6 Å². The first-order valence-corrected chi connectivity index (χ1v) is 11.0. The number of hydrogen-bond donors (Lipinski definition) is 1. The van der Waals surface area contributed by atoms with Gasteiger partial charge in [0.15, 0.2) is 0 Å². The fourth-order valence-corrected chi connectivity index (χ4v) is 5.94. The van der Waals surface area contributed by atoms with Crippen molar-refractivity contribution < 1.29 is 17.9 Å². The van der Waals surface area contributed by atoms with Crippen LogP contribution in [0, 0.1) is 6.92 Å². The maximum atomic E-state index is 12.8. The van der Waals surface area contributed by atoms with Gasteiger partial charge in [0.2, 0.25) is 0 Å². The lowest BCUT2D eigenvalue weighted by Crippen LogP contribution is -2.16. The quantitative estimate of drug-likeness (QED) is 0.757. The number of ether oxygens (including phenoxy) is 1. The molecule has 26 heavy (non-hydrogen) atoms. The molecule has 1 aliphatic carbocycles. The Kier molecular flexibility index (Phi) is 5.38. The topological polar surface area (TPSA) is 90.3 Å². The number of sulfonamides is 1. The minimum Gasteiger partial charge on any atom is -0.462 e. The predicted molar refractivity (Wildman–Crippen MR) is 100 cm³/mol. The molecule has 0 saturated heterocycles. The van der Waals surface area contributed by atoms with E-state index in [1.54, 1.807) is 14.0 Å². The molecule has 0 atom stereocenters. The Morgan fingerprint density at radius 1 is 1.38 bits per heavy atom. The van der Waals surface area contributed by atoms with E-state index in [0.29, 0.717) is 29.3 Å². The van der Waals surface area contributed by atoms with Crippen LogP contribution in [-0.4, -0.2) is 30.8 Å². The highest BCUT2D eigenvalue weighted by molar-refractivity contribution is 7.93. The van der Waals surface area contributed by atoms with Crippen LogP contribution in [0.2, 0.25) is 0 Å². The van der Waals surface area contributed by atoms with Gasteiger partial charge in [-0.05, 0) is 44.6 Å². The molecule has 0 bridgehead atoms. The first kappa shape index (κ1) is 18.9. The summed E-state index contributed by atoms with van der Waals surface area (Å²) in [5.74, 6) is -0.452. The Balaban J connectivity index is 2.00. The second-order valence-electron chi connectivity index (χ2n) is 6.41. The zero-order valence-electron chi connectivity index (χ0n) is 15.2. The summed E-state index contributed by atoms with van der Waals surface area (Å²) in [6.07, 6.45) is 5.85. The summed E-state index contributed by atoms with van der Waals surface area (Å²) in [6, 6.07) is 0. The van der Waals surface area contributed by atoms with Crippen molar-refractivity contribution in [3.63, 3.8) is 0 Å². The number of rotatable bonds is 6. The lowest BCUT2D eigenvalue weighted by atomic mass is 9.95. The normalized spacial score (nSPS) is 14.1. The van der Waals surface area contributed by atoms with Crippen LogP contribution in [0.3, 0.4) is 0 Å². The third-order valence-electron chi connectivity index (χ3n) is 4.30. The van der Waals surface area contributed by atoms with Gasteiger partial charge in [-0.15, -0.1) is 11.3 Å². The molecule has 1 N–H and O–H groups in total. The molecule has 2 aromatic rings. The molecule has 0 unspecified atom stereocenters. The van der Waals surface area contributed by atoms with Crippen molar-refractivity contribution in [2.45, 2.75) is 50.8 Å². The lowest BCUT2D eigenvalue weighted by molar-refractivity contribution is 0.0505. The van der Waals surface area contributed by atoms with Gasteiger partial charge in [0.05, 0.1) is 17.9 Å². The number of carbonyl (C=O) groups excluding carboxylic acids is 1. The van der Waals surface area contributed by atoms with Crippen molar-refractivity contribution >= 4 is 32.3 Å². The molecule has 0 amide bonds. The predicted octanol–water partition coefficient (Wildman–Crippen LogP) is 3.04. The third-order valence-corrected chi connectivity index (χ3v) is 7.09. The second kappa shape index (κ2) is 7.40. The highest BCUT2D eigenvalue weighted by atomic mass is 32.2. The molecular weight excluding hydrogens is 374 g/mol. The number of anilines is 1. The van der Waals surface area contributed by atoms with Crippen molar-refractivity contribution in [1.29, 1.82) is 0 Å². The molecule has 0 spiro atoms. The molecule has 0 radical (unpaired) electrons. The fourth-order valence-electron chi connectivity index (χ4n) is 3.14. The van der Waals surface area contributed by atoms with Gasteiger partial charge in [-0.3, -0.25) is 9.40 Å². The molecule has 142 valence electrons. The van der Waals surface area contributed by atoms with E-state index in [9.17, 15) is 13.2 Å². The van der Waals surface area contributed by atoms with Crippen LogP contribution < -0.4 is 4.72 Å². The van der Waals surface area contributed by atoms with E-state index in [1.807, 2.05) is 6.92 Å². The van der Waals surface area contributed by atoms with Crippen LogP contribution in [0.4, 0.5) is 5.00 Å². The largest absolute Gasteiger partial charge is 0.462 e. The Hall–Kier alpha value is -1.87. The zero-order valence-corrected chi connectivity index (χ0v) is 16.8.